The number of fused-ring (bicyclic) bond motifs is 6. The summed E-state index contributed by atoms with van der Waals surface area (Å²) < 4.78 is 5.27. The Labute approximate surface area is 330 Å². The molecule has 1 nitrogen and oxygen atoms in total. The van der Waals surface area contributed by atoms with Crippen LogP contribution in [0.15, 0.2) is 182 Å². The normalized spacial score (nSPS) is 14.6. The molecule has 2 heterocycles. The first-order valence-electron chi connectivity index (χ1n) is 19.1. The van der Waals surface area contributed by atoms with E-state index in [0.29, 0.717) is 5.92 Å². The highest BCUT2D eigenvalue weighted by molar-refractivity contribution is 7.26. The van der Waals surface area contributed by atoms with E-state index in [4.69, 9.17) is 0 Å². The molecule has 0 radical (unpaired) electrons. The van der Waals surface area contributed by atoms with Gasteiger partial charge in [0.15, 0.2) is 0 Å². The highest BCUT2D eigenvalue weighted by atomic mass is 32.1. The van der Waals surface area contributed by atoms with Crippen LogP contribution in [0, 0.1) is 5.92 Å². The molecule has 0 N–H and O–H groups in total. The molecule has 7 aromatic carbocycles. The third kappa shape index (κ3) is 6.40. The van der Waals surface area contributed by atoms with E-state index < -0.39 is 0 Å². The fourth-order valence-corrected chi connectivity index (χ4v) is 10.6. The highest BCUT2D eigenvalue weighted by Crippen LogP contribution is 2.47. The third-order valence-corrected chi connectivity index (χ3v) is 13.2. The molecular weight excluding hydrogens is 703 g/mol. The molecule has 9 aromatic rings. The maximum atomic E-state index is 2.44. The largest absolute Gasteiger partial charge is 0.309 e. The van der Waals surface area contributed by atoms with E-state index in [-0.39, 0.29) is 0 Å². The summed E-state index contributed by atoms with van der Waals surface area (Å²) in [6.07, 6.45) is 11.4. The van der Waals surface area contributed by atoms with E-state index in [2.05, 4.69) is 200 Å². The fourth-order valence-electron chi connectivity index (χ4n) is 8.14. The second-order valence-corrected chi connectivity index (χ2v) is 16.7. The zero-order valence-electron chi connectivity index (χ0n) is 30.7. The number of benzene rings is 7. The lowest BCUT2D eigenvalue weighted by Crippen LogP contribution is -2.09. The van der Waals surface area contributed by atoms with Crippen LogP contribution in [0.25, 0.3) is 57.6 Å². The monoisotopic (exact) mass is 741 g/mol. The Balaban J connectivity index is 1.14. The van der Waals surface area contributed by atoms with Crippen LogP contribution in [0.5, 0.6) is 0 Å². The maximum Gasteiger partial charge on any atom is 0.0640 e. The van der Waals surface area contributed by atoms with Gasteiger partial charge in [-0.15, -0.1) is 22.7 Å². The Morgan fingerprint density at radius 2 is 1.29 bits per heavy atom. The standard InChI is InChI=1S/C52H39NS2/c1-35-13-10-14-39(31-35)38-28-25-36(26-29-38)32-40(33-37-27-30-50-47(34-37)44-19-8-9-24-49(44)54-50)43-20-11-21-45-46-22-12-23-48(52(46)55-51(43)45)53(41-15-4-2-5-16-41)42-17-6-3-7-18-42/h2-12,14-31,33-35H,13,32H2,1H3/b40-33-. The van der Waals surface area contributed by atoms with Crippen LogP contribution in [0.1, 0.15) is 35.6 Å². The van der Waals surface area contributed by atoms with Crippen molar-refractivity contribution < 1.29 is 0 Å². The van der Waals surface area contributed by atoms with Crippen LogP contribution in [-0.4, -0.2) is 0 Å². The summed E-state index contributed by atoms with van der Waals surface area (Å²) in [5, 5.41) is 5.24. The molecule has 0 saturated carbocycles. The summed E-state index contributed by atoms with van der Waals surface area (Å²) in [6, 6.07) is 60.2. The molecule has 1 aliphatic carbocycles. The molecule has 2 aromatic heterocycles. The first kappa shape index (κ1) is 33.6. The van der Waals surface area contributed by atoms with Crippen molar-refractivity contribution in [2.45, 2.75) is 19.8 Å². The van der Waals surface area contributed by atoms with Crippen molar-refractivity contribution in [2.75, 3.05) is 4.90 Å². The molecule has 3 heteroatoms. The van der Waals surface area contributed by atoms with Gasteiger partial charge in [0.05, 0.1) is 10.4 Å². The number of hydrogen-bond donors (Lipinski definition) is 0. The lowest BCUT2D eigenvalue weighted by atomic mass is 9.91. The molecule has 1 aliphatic rings. The molecule has 10 rings (SSSR count). The Bertz CT molecular complexity index is 2890. The second-order valence-electron chi connectivity index (χ2n) is 14.6. The van der Waals surface area contributed by atoms with E-state index in [1.54, 1.807) is 0 Å². The minimum atomic E-state index is 0.571. The van der Waals surface area contributed by atoms with Crippen molar-refractivity contribution >= 4 is 97.3 Å². The molecule has 55 heavy (non-hydrogen) atoms. The van der Waals surface area contributed by atoms with Crippen LogP contribution < -0.4 is 4.90 Å². The number of allylic oxidation sites excluding steroid dienone is 5. The third-order valence-electron chi connectivity index (χ3n) is 10.8. The molecule has 0 fully saturated rings. The Kier molecular flexibility index (Phi) is 8.75. The molecule has 1 atom stereocenters. The van der Waals surface area contributed by atoms with Gasteiger partial charge in [-0.3, -0.25) is 0 Å². The van der Waals surface area contributed by atoms with Crippen LogP contribution in [-0.2, 0) is 6.42 Å². The second kappa shape index (κ2) is 14.3. The van der Waals surface area contributed by atoms with E-state index in [1.165, 1.54) is 79.4 Å². The zero-order valence-corrected chi connectivity index (χ0v) is 32.3. The molecule has 0 spiro atoms. The number of rotatable bonds is 8. The Hall–Kier alpha value is -6.00. The van der Waals surface area contributed by atoms with Gasteiger partial charge in [0.1, 0.15) is 0 Å². The highest BCUT2D eigenvalue weighted by Gasteiger charge is 2.20. The van der Waals surface area contributed by atoms with Gasteiger partial charge in [0, 0.05) is 47.0 Å². The molecule has 1 unspecified atom stereocenters. The van der Waals surface area contributed by atoms with Crippen molar-refractivity contribution in [2.24, 2.45) is 5.92 Å². The lowest BCUT2D eigenvalue weighted by Gasteiger charge is -2.25. The van der Waals surface area contributed by atoms with Crippen molar-refractivity contribution in [3.05, 3.63) is 204 Å². The lowest BCUT2D eigenvalue weighted by molar-refractivity contribution is 0.740. The predicted octanol–water partition coefficient (Wildman–Crippen LogP) is 15.7. The molecular formula is C52H39NS2. The van der Waals surface area contributed by atoms with Crippen LogP contribution in [0.4, 0.5) is 17.1 Å². The Morgan fingerprint density at radius 1 is 0.618 bits per heavy atom. The number of para-hydroxylation sites is 2. The number of hydrogen-bond acceptors (Lipinski definition) is 3. The van der Waals surface area contributed by atoms with Gasteiger partial charge in [-0.25, -0.2) is 0 Å². The molecule has 0 bridgehead atoms. The number of thiophene rings is 2. The quantitative estimate of drug-likeness (QED) is 0.140. The van der Waals surface area contributed by atoms with Gasteiger partial charge in [0.2, 0.25) is 0 Å². The van der Waals surface area contributed by atoms with Gasteiger partial charge in [0.25, 0.3) is 0 Å². The van der Waals surface area contributed by atoms with E-state index in [9.17, 15) is 0 Å². The van der Waals surface area contributed by atoms with E-state index in [1.807, 2.05) is 22.7 Å². The minimum Gasteiger partial charge on any atom is -0.309 e. The average molecular weight is 742 g/mol. The van der Waals surface area contributed by atoms with Gasteiger partial charge in [-0.2, -0.15) is 0 Å². The first-order valence-corrected chi connectivity index (χ1v) is 20.7. The zero-order chi connectivity index (χ0) is 36.7. The average Bonchev–Trinajstić information content (AvgIpc) is 3.81. The van der Waals surface area contributed by atoms with Crippen LogP contribution in [0.3, 0.4) is 0 Å². The van der Waals surface area contributed by atoms with Gasteiger partial charge >= 0.3 is 0 Å². The van der Waals surface area contributed by atoms with Gasteiger partial charge in [-0.05, 0) is 101 Å². The van der Waals surface area contributed by atoms with Crippen molar-refractivity contribution in [3.8, 4) is 0 Å². The summed E-state index contributed by atoms with van der Waals surface area (Å²) in [6.45, 7) is 2.30. The van der Waals surface area contributed by atoms with Gasteiger partial charge < -0.3 is 4.90 Å². The predicted molar refractivity (Wildman–Crippen MR) is 242 cm³/mol. The maximum absolute atomic E-state index is 2.44. The summed E-state index contributed by atoms with van der Waals surface area (Å²) >= 11 is 3.79. The molecule has 264 valence electrons. The number of anilines is 3. The van der Waals surface area contributed by atoms with Crippen LogP contribution >= 0.6 is 22.7 Å². The van der Waals surface area contributed by atoms with Crippen molar-refractivity contribution in [3.63, 3.8) is 0 Å². The molecule has 0 aliphatic heterocycles. The topological polar surface area (TPSA) is 3.24 Å². The SMILES string of the molecule is CC1C=C(c2ccc(C/C(=C/c3ccc4sc5ccccc5c4c3)c3cccc4c3sc3c(N(c5ccccc5)c5ccccc5)cccc34)cc2)C=CC1. The summed E-state index contributed by atoms with van der Waals surface area (Å²) in [5.41, 5.74) is 11.2. The van der Waals surface area contributed by atoms with Crippen LogP contribution in [0.2, 0.25) is 0 Å². The smallest absolute Gasteiger partial charge is 0.0640 e. The molecule has 0 saturated heterocycles. The molecule has 0 amide bonds. The first-order chi connectivity index (χ1) is 27.2. The summed E-state index contributed by atoms with van der Waals surface area (Å²) in [4.78, 5) is 2.40. The summed E-state index contributed by atoms with van der Waals surface area (Å²) in [5.74, 6) is 0.571. The van der Waals surface area contributed by atoms with Crippen molar-refractivity contribution in [1.82, 2.24) is 0 Å². The van der Waals surface area contributed by atoms with E-state index >= 15 is 0 Å². The number of nitrogens with zero attached hydrogens (tertiary/aromatic N) is 1. The van der Waals surface area contributed by atoms with Crippen molar-refractivity contribution in [1.29, 1.82) is 0 Å². The fraction of sp³-hybridized carbons (Fsp3) is 0.0769. The van der Waals surface area contributed by atoms with E-state index in [0.717, 1.165) is 24.2 Å². The Morgan fingerprint density at radius 3 is 2.05 bits per heavy atom. The van der Waals surface area contributed by atoms with Gasteiger partial charge in [-0.1, -0.05) is 146 Å². The summed E-state index contributed by atoms with van der Waals surface area (Å²) in [7, 11) is 0. The minimum absolute atomic E-state index is 0.571.